The fourth-order valence-corrected chi connectivity index (χ4v) is 1.22. The van der Waals surface area contributed by atoms with E-state index in [0.717, 1.165) is 6.07 Å². The lowest BCUT2D eigenvalue weighted by Crippen LogP contribution is -2.27. The number of benzene rings is 1. The molecule has 1 N–H and O–H groups in total. The number of amides is 1. The van der Waals surface area contributed by atoms with Crippen LogP contribution in [0, 0.1) is 11.6 Å². The molecule has 0 radical (unpaired) electrons. The molecule has 0 aliphatic heterocycles. The van der Waals surface area contributed by atoms with Crippen LogP contribution in [0.2, 0.25) is 0 Å². The molecule has 1 aromatic carbocycles. The Morgan fingerprint density at radius 1 is 1.33 bits per heavy atom. The van der Waals surface area contributed by atoms with Crippen LogP contribution in [0.4, 0.5) is 19.3 Å². The summed E-state index contributed by atoms with van der Waals surface area (Å²) in [6.45, 7) is 4.91. The number of carbonyl (C=O) groups excluding carboxylic acids is 2. The normalized spacial score (nSPS) is 10.9. The van der Waals surface area contributed by atoms with Gasteiger partial charge in [-0.3, -0.25) is 10.1 Å². The summed E-state index contributed by atoms with van der Waals surface area (Å²) in [6.07, 6.45) is -0.697. The summed E-state index contributed by atoms with van der Waals surface area (Å²) in [5, 5.41) is 2.13. The van der Waals surface area contributed by atoms with Crippen LogP contribution in [0.1, 0.15) is 31.1 Å². The van der Waals surface area contributed by atoms with Gasteiger partial charge in [-0.25, -0.2) is 13.6 Å². The monoisotopic (exact) mass is 257 g/mol. The van der Waals surface area contributed by atoms with Crippen LogP contribution in [0.15, 0.2) is 12.1 Å². The molecule has 1 amide bonds. The number of nitrogens with one attached hydrogen (secondary N) is 1. The summed E-state index contributed by atoms with van der Waals surface area (Å²) < 4.78 is 31.1. The topological polar surface area (TPSA) is 55.4 Å². The van der Waals surface area contributed by atoms with Gasteiger partial charge in [0.15, 0.2) is 6.29 Å². The fraction of sp³-hybridized carbons (Fsp3) is 0.333. The molecule has 0 bridgehead atoms. The van der Waals surface area contributed by atoms with E-state index in [1.54, 1.807) is 20.8 Å². The first-order valence-corrected chi connectivity index (χ1v) is 5.17. The lowest BCUT2D eigenvalue weighted by Gasteiger charge is -2.20. The zero-order valence-electron chi connectivity index (χ0n) is 10.2. The van der Waals surface area contributed by atoms with Crippen LogP contribution in [0.3, 0.4) is 0 Å². The lowest BCUT2D eigenvalue weighted by atomic mass is 10.2. The molecule has 0 saturated carbocycles. The van der Waals surface area contributed by atoms with E-state index >= 15 is 0 Å². The molecule has 0 aromatic heterocycles. The standard InChI is InChI=1S/C12H13F2NO3/c1-12(2,3)18-11(17)15-10-5-7(13)4-9(14)8(10)6-16/h4-6H,1-3H3,(H,15,17). The molecule has 0 aliphatic rings. The molecule has 6 heteroatoms. The van der Waals surface area contributed by atoms with Crippen molar-refractivity contribution in [1.29, 1.82) is 0 Å². The molecule has 0 aliphatic carbocycles. The smallest absolute Gasteiger partial charge is 0.412 e. The SMILES string of the molecule is CC(C)(C)OC(=O)Nc1cc(F)cc(F)c1C=O. The number of hydrogen-bond donors (Lipinski definition) is 1. The minimum Gasteiger partial charge on any atom is -0.444 e. The Morgan fingerprint density at radius 3 is 2.44 bits per heavy atom. The van der Waals surface area contributed by atoms with Crippen molar-refractivity contribution in [2.45, 2.75) is 26.4 Å². The molecule has 98 valence electrons. The lowest BCUT2D eigenvalue weighted by molar-refractivity contribution is 0.0636. The van der Waals surface area contributed by atoms with Gasteiger partial charge in [-0.2, -0.15) is 0 Å². The fourth-order valence-electron chi connectivity index (χ4n) is 1.22. The van der Waals surface area contributed by atoms with E-state index in [9.17, 15) is 18.4 Å². The molecular weight excluding hydrogens is 244 g/mol. The van der Waals surface area contributed by atoms with Gasteiger partial charge in [0.1, 0.15) is 17.2 Å². The minimum absolute atomic E-state index is 0.196. The summed E-state index contributed by atoms with van der Waals surface area (Å²) in [4.78, 5) is 22.1. The highest BCUT2D eigenvalue weighted by Crippen LogP contribution is 2.20. The third-order valence-electron chi connectivity index (χ3n) is 1.85. The maximum atomic E-state index is 13.2. The number of anilines is 1. The number of aldehydes is 1. The average Bonchev–Trinajstić information content (AvgIpc) is 2.13. The summed E-state index contributed by atoms with van der Waals surface area (Å²) in [6, 6.07) is 1.40. The van der Waals surface area contributed by atoms with Crippen molar-refractivity contribution in [3.63, 3.8) is 0 Å². The van der Waals surface area contributed by atoms with E-state index < -0.39 is 28.9 Å². The number of hydrogen-bond acceptors (Lipinski definition) is 3. The second-order valence-electron chi connectivity index (χ2n) is 4.59. The summed E-state index contributed by atoms with van der Waals surface area (Å²) in [7, 11) is 0. The molecule has 0 unspecified atom stereocenters. The predicted octanol–water partition coefficient (Wildman–Crippen LogP) is 3.12. The molecule has 0 fully saturated rings. The molecule has 4 nitrogen and oxygen atoms in total. The first-order chi connectivity index (χ1) is 8.23. The van der Waals surface area contributed by atoms with Gasteiger partial charge < -0.3 is 4.74 Å². The van der Waals surface area contributed by atoms with Gasteiger partial charge in [-0.05, 0) is 26.8 Å². The van der Waals surface area contributed by atoms with Crippen molar-refractivity contribution in [3.05, 3.63) is 29.3 Å². The van der Waals surface area contributed by atoms with Crippen molar-refractivity contribution in [1.82, 2.24) is 0 Å². The van der Waals surface area contributed by atoms with Crippen molar-refractivity contribution < 1.29 is 23.1 Å². The molecule has 0 atom stereocenters. The molecule has 0 saturated heterocycles. The van der Waals surface area contributed by atoms with Gasteiger partial charge in [-0.15, -0.1) is 0 Å². The Hall–Kier alpha value is -1.98. The second kappa shape index (κ2) is 5.12. The molecule has 1 rings (SSSR count). The van der Waals surface area contributed by atoms with Crippen molar-refractivity contribution in [2.24, 2.45) is 0 Å². The third-order valence-corrected chi connectivity index (χ3v) is 1.85. The summed E-state index contributed by atoms with van der Waals surface area (Å²) >= 11 is 0. The van der Waals surface area contributed by atoms with Crippen molar-refractivity contribution >= 4 is 18.1 Å². The predicted molar refractivity (Wildman–Crippen MR) is 61.6 cm³/mol. The minimum atomic E-state index is -1.05. The number of rotatable bonds is 2. The Morgan fingerprint density at radius 2 is 1.94 bits per heavy atom. The Bertz CT molecular complexity index is 481. The molecule has 0 spiro atoms. The Labute approximate surface area is 103 Å². The molecule has 18 heavy (non-hydrogen) atoms. The molecule has 0 heterocycles. The van der Waals surface area contributed by atoms with Crippen LogP contribution in [-0.4, -0.2) is 18.0 Å². The van der Waals surface area contributed by atoms with E-state index in [1.807, 2.05) is 0 Å². The van der Waals surface area contributed by atoms with E-state index in [2.05, 4.69) is 5.32 Å². The average molecular weight is 257 g/mol. The summed E-state index contributed by atoms with van der Waals surface area (Å²) in [5.41, 5.74) is -1.45. The molecule has 1 aromatic rings. The van der Waals surface area contributed by atoms with E-state index in [1.165, 1.54) is 0 Å². The van der Waals surface area contributed by atoms with E-state index in [-0.39, 0.29) is 12.0 Å². The van der Waals surface area contributed by atoms with Crippen molar-refractivity contribution in [3.8, 4) is 0 Å². The van der Waals surface area contributed by atoms with Gasteiger partial charge in [-0.1, -0.05) is 0 Å². The highest BCUT2D eigenvalue weighted by Gasteiger charge is 2.18. The number of carbonyl (C=O) groups is 2. The van der Waals surface area contributed by atoms with E-state index in [4.69, 9.17) is 4.74 Å². The number of halogens is 2. The number of ether oxygens (including phenoxy) is 1. The van der Waals surface area contributed by atoms with Gasteiger partial charge >= 0.3 is 6.09 Å². The highest BCUT2D eigenvalue weighted by molar-refractivity contribution is 5.93. The maximum absolute atomic E-state index is 13.2. The Kier molecular flexibility index (Phi) is 4.00. The van der Waals surface area contributed by atoms with Crippen LogP contribution in [0.5, 0.6) is 0 Å². The largest absolute Gasteiger partial charge is 0.444 e. The highest BCUT2D eigenvalue weighted by atomic mass is 19.1. The van der Waals surface area contributed by atoms with Gasteiger partial charge in [0.2, 0.25) is 0 Å². The molecular formula is C12H13F2NO3. The van der Waals surface area contributed by atoms with E-state index in [0.29, 0.717) is 6.07 Å². The quantitative estimate of drug-likeness (QED) is 0.828. The Balaban J connectivity index is 2.97. The van der Waals surface area contributed by atoms with Crippen LogP contribution < -0.4 is 5.32 Å². The third kappa shape index (κ3) is 3.80. The summed E-state index contributed by atoms with van der Waals surface area (Å²) in [5.74, 6) is -1.94. The van der Waals surface area contributed by atoms with Gasteiger partial charge in [0.25, 0.3) is 0 Å². The van der Waals surface area contributed by atoms with Gasteiger partial charge in [0, 0.05) is 6.07 Å². The zero-order valence-corrected chi connectivity index (χ0v) is 10.2. The van der Waals surface area contributed by atoms with Crippen LogP contribution >= 0.6 is 0 Å². The van der Waals surface area contributed by atoms with Crippen molar-refractivity contribution in [2.75, 3.05) is 5.32 Å². The van der Waals surface area contributed by atoms with Gasteiger partial charge in [0.05, 0.1) is 11.3 Å². The second-order valence-corrected chi connectivity index (χ2v) is 4.59. The van der Waals surface area contributed by atoms with Crippen LogP contribution in [-0.2, 0) is 4.74 Å². The first-order valence-electron chi connectivity index (χ1n) is 5.17. The first kappa shape index (κ1) is 14.1. The maximum Gasteiger partial charge on any atom is 0.412 e. The van der Waals surface area contributed by atoms with Crippen LogP contribution in [0.25, 0.3) is 0 Å². The zero-order chi connectivity index (χ0) is 13.9.